The van der Waals surface area contributed by atoms with Crippen molar-refractivity contribution in [2.45, 2.75) is 5.92 Å². The molecule has 0 spiro atoms. The Morgan fingerprint density at radius 2 is 1.85 bits per heavy atom. The van der Waals surface area contributed by atoms with Crippen molar-refractivity contribution < 1.29 is 4.39 Å². The molecule has 2 aliphatic heterocycles. The Hall–Kier alpha value is -2.16. The van der Waals surface area contributed by atoms with E-state index in [-0.39, 0.29) is 5.82 Å². The largest absolute Gasteiger partial charge is 0.354 e. The van der Waals surface area contributed by atoms with Crippen LogP contribution in [0.2, 0.25) is 0 Å². The van der Waals surface area contributed by atoms with E-state index in [1.54, 1.807) is 12.1 Å². The number of rotatable bonds is 1. The predicted molar refractivity (Wildman–Crippen MR) is 77.7 cm³/mol. The molecule has 0 N–H and O–H groups in total. The summed E-state index contributed by atoms with van der Waals surface area (Å²) in [4.78, 5) is 6.97. The molecule has 0 saturated heterocycles. The van der Waals surface area contributed by atoms with Crippen LogP contribution in [0.4, 0.5) is 4.39 Å². The quantitative estimate of drug-likeness (QED) is 0.774. The summed E-state index contributed by atoms with van der Waals surface area (Å²) in [5, 5.41) is 0. The van der Waals surface area contributed by atoms with Gasteiger partial charge in [-0.1, -0.05) is 36.4 Å². The van der Waals surface area contributed by atoms with Crippen molar-refractivity contribution in [2.24, 2.45) is 4.99 Å². The van der Waals surface area contributed by atoms with Crippen LogP contribution in [0.25, 0.3) is 0 Å². The molecule has 0 radical (unpaired) electrons. The normalized spacial score (nSPS) is 20.4. The standard InChI is InChI=1S/C17H15FN2/c18-13-7-5-12(6-8-13)16-11-20-10-9-19-17(20)15-4-2-1-3-14(15)16/h1-8,16H,9-11H2. The molecular formula is C17H15FN2. The number of hydrogen-bond acceptors (Lipinski definition) is 2. The number of benzene rings is 2. The van der Waals surface area contributed by atoms with Gasteiger partial charge in [-0.25, -0.2) is 4.39 Å². The van der Waals surface area contributed by atoms with E-state index in [9.17, 15) is 4.39 Å². The fourth-order valence-corrected chi connectivity index (χ4v) is 3.22. The summed E-state index contributed by atoms with van der Waals surface area (Å²) in [6, 6.07) is 15.3. The van der Waals surface area contributed by atoms with Crippen LogP contribution < -0.4 is 0 Å². The van der Waals surface area contributed by atoms with Crippen molar-refractivity contribution in [3.05, 3.63) is 71.0 Å². The maximum atomic E-state index is 13.1. The first-order valence-electron chi connectivity index (χ1n) is 6.97. The highest BCUT2D eigenvalue weighted by Crippen LogP contribution is 2.34. The van der Waals surface area contributed by atoms with E-state index < -0.39 is 0 Å². The summed E-state index contributed by atoms with van der Waals surface area (Å²) < 4.78 is 13.1. The van der Waals surface area contributed by atoms with Crippen molar-refractivity contribution in [1.29, 1.82) is 0 Å². The average Bonchev–Trinajstić information content (AvgIpc) is 2.96. The van der Waals surface area contributed by atoms with Gasteiger partial charge in [-0.3, -0.25) is 4.99 Å². The lowest BCUT2D eigenvalue weighted by atomic mass is 9.84. The van der Waals surface area contributed by atoms with E-state index in [4.69, 9.17) is 0 Å². The fraction of sp³-hybridized carbons (Fsp3) is 0.235. The lowest BCUT2D eigenvalue weighted by Gasteiger charge is -2.34. The van der Waals surface area contributed by atoms with Gasteiger partial charge in [0.1, 0.15) is 11.7 Å². The van der Waals surface area contributed by atoms with Crippen LogP contribution in [0.3, 0.4) is 0 Å². The Bertz CT molecular complexity index is 676. The number of nitrogens with zero attached hydrogens (tertiary/aromatic N) is 2. The lowest BCUT2D eigenvalue weighted by Crippen LogP contribution is -2.38. The molecule has 1 unspecified atom stereocenters. The maximum absolute atomic E-state index is 13.1. The summed E-state index contributed by atoms with van der Waals surface area (Å²) in [5.74, 6) is 1.24. The van der Waals surface area contributed by atoms with Gasteiger partial charge >= 0.3 is 0 Å². The number of hydrogen-bond donors (Lipinski definition) is 0. The van der Waals surface area contributed by atoms with Gasteiger partial charge in [-0.2, -0.15) is 0 Å². The molecule has 100 valence electrons. The van der Waals surface area contributed by atoms with Crippen LogP contribution >= 0.6 is 0 Å². The second-order valence-electron chi connectivity index (χ2n) is 5.34. The number of fused-ring (bicyclic) bond motifs is 3. The molecule has 2 aromatic carbocycles. The minimum atomic E-state index is -0.179. The Morgan fingerprint density at radius 3 is 2.70 bits per heavy atom. The molecule has 0 aromatic heterocycles. The average molecular weight is 266 g/mol. The van der Waals surface area contributed by atoms with Crippen LogP contribution in [-0.4, -0.2) is 30.4 Å². The van der Waals surface area contributed by atoms with Crippen LogP contribution in [0, 0.1) is 5.82 Å². The van der Waals surface area contributed by atoms with Gasteiger partial charge in [-0.05, 0) is 23.3 Å². The zero-order chi connectivity index (χ0) is 13.5. The summed E-state index contributed by atoms with van der Waals surface area (Å²) in [5.41, 5.74) is 3.70. The highest BCUT2D eigenvalue weighted by Gasteiger charge is 2.32. The number of halogens is 1. The third kappa shape index (κ3) is 1.73. The molecule has 0 fully saturated rings. The zero-order valence-electron chi connectivity index (χ0n) is 11.1. The molecule has 0 bridgehead atoms. The van der Waals surface area contributed by atoms with Gasteiger partial charge < -0.3 is 4.90 Å². The second kappa shape index (κ2) is 4.44. The molecule has 2 aromatic rings. The molecule has 0 amide bonds. The van der Waals surface area contributed by atoms with E-state index in [1.165, 1.54) is 16.7 Å². The van der Waals surface area contributed by atoms with Gasteiger partial charge in [0.05, 0.1) is 6.54 Å². The maximum Gasteiger partial charge on any atom is 0.131 e. The molecule has 0 saturated carbocycles. The molecule has 2 nitrogen and oxygen atoms in total. The third-order valence-electron chi connectivity index (χ3n) is 4.18. The van der Waals surface area contributed by atoms with E-state index >= 15 is 0 Å². The van der Waals surface area contributed by atoms with E-state index in [2.05, 4.69) is 34.2 Å². The van der Waals surface area contributed by atoms with Crippen molar-refractivity contribution in [3.63, 3.8) is 0 Å². The van der Waals surface area contributed by atoms with Crippen molar-refractivity contribution in [3.8, 4) is 0 Å². The van der Waals surface area contributed by atoms with E-state index in [0.717, 1.165) is 25.5 Å². The van der Waals surface area contributed by atoms with Gasteiger partial charge in [0, 0.05) is 24.6 Å². The lowest BCUT2D eigenvalue weighted by molar-refractivity contribution is 0.425. The molecule has 0 aliphatic carbocycles. The Labute approximate surface area is 117 Å². The first-order chi connectivity index (χ1) is 9.83. The van der Waals surface area contributed by atoms with Crippen LogP contribution in [-0.2, 0) is 0 Å². The summed E-state index contributed by atoms with van der Waals surface area (Å²) in [6.45, 7) is 2.79. The smallest absolute Gasteiger partial charge is 0.131 e. The van der Waals surface area contributed by atoms with Crippen molar-refractivity contribution in [1.82, 2.24) is 4.90 Å². The third-order valence-corrected chi connectivity index (χ3v) is 4.18. The van der Waals surface area contributed by atoms with Crippen LogP contribution in [0.1, 0.15) is 22.6 Å². The van der Waals surface area contributed by atoms with Crippen LogP contribution in [0.15, 0.2) is 53.5 Å². The monoisotopic (exact) mass is 266 g/mol. The van der Waals surface area contributed by atoms with Crippen LogP contribution in [0.5, 0.6) is 0 Å². The SMILES string of the molecule is Fc1ccc(C2CN3CCN=C3c3ccccc32)cc1. The molecule has 2 heterocycles. The highest BCUT2D eigenvalue weighted by molar-refractivity contribution is 6.02. The Morgan fingerprint density at radius 1 is 1.05 bits per heavy atom. The van der Waals surface area contributed by atoms with Gasteiger partial charge in [0.25, 0.3) is 0 Å². The fourth-order valence-electron chi connectivity index (χ4n) is 3.22. The predicted octanol–water partition coefficient (Wildman–Crippen LogP) is 3.03. The Kier molecular flexibility index (Phi) is 2.59. The van der Waals surface area contributed by atoms with Gasteiger partial charge in [0.2, 0.25) is 0 Å². The van der Waals surface area contributed by atoms with Gasteiger partial charge in [-0.15, -0.1) is 0 Å². The summed E-state index contributed by atoms with van der Waals surface area (Å²) in [6.07, 6.45) is 0. The first kappa shape index (κ1) is 11.6. The molecule has 20 heavy (non-hydrogen) atoms. The minimum absolute atomic E-state index is 0.179. The summed E-state index contributed by atoms with van der Waals surface area (Å²) >= 11 is 0. The minimum Gasteiger partial charge on any atom is -0.354 e. The first-order valence-corrected chi connectivity index (χ1v) is 6.97. The number of amidine groups is 1. The van der Waals surface area contributed by atoms with Crippen molar-refractivity contribution >= 4 is 5.84 Å². The Balaban J connectivity index is 1.84. The van der Waals surface area contributed by atoms with E-state index in [0.29, 0.717) is 5.92 Å². The summed E-state index contributed by atoms with van der Waals surface area (Å²) in [7, 11) is 0. The topological polar surface area (TPSA) is 15.6 Å². The van der Waals surface area contributed by atoms with E-state index in [1.807, 2.05) is 12.1 Å². The number of aliphatic imine (C=N–C) groups is 1. The molecule has 1 atom stereocenters. The zero-order valence-corrected chi connectivity index (χ0v) is 11.1. The second-order valence-corrected chi connectivity index (χ2v) is 5.34. The molecular weight excluding hydrogens is 251 g/mol. The molecule has 3 heteroatoms. The molecule has 2 aliphatic rings. The van der Waals surface area contributed by atoms with Gasteiger partial charge in [0.15, 0.2) is 0 Å². The molecule has 4 rings (SSSR count). The van der Waals surface area contributed by atoms with Crippen molar-refractivity contribution in [2.75, 3.05) is 19.6 Å². The highest BCUT2D eigenvalue weighted by atomic mass is 19.1.